The molecule has 0 saturated carbocycles. The summed E-state index contributed by atoms with van der Waals surface area (Å²) in [6.07, 6.45) is 1.69. The van der Waals surface area contributed by atoms with Gasteiger partial charge in [0.15, 0.2) is 11.6 Å². The number of ketones is 2. The Hall–Kier alpha value is -1.31. The van der Waals surface area contributed by atoms with Crippen molar-refractivity contribution in [3.63, 3.8) is 0 Å². The lowest BCUT2D eigenvalue weighted by atomic mass is 9.95. The lowest BCUT2D eigenvalue weighted by Gasteiger charge is -2.27. The zero-order valence-corrected chi connectivity index (χ0v) is 11.3. The van der Waals surface area contributed by atoms with Crippen molar-refractivity contribution in [2.75, 3.05) is 13.2 Å². The molecule has 1 atom stereocenters. The summed E-state index contributed by atoms with van der Waals surface area (Å²) in [5, 5.41) is 9.19. The predicted octanol–water partition coefficient (Wildman–Crippen LogP) is -1.10. The van der Waals surface area contributed by atoms with Crippen LogP contribution in [0.25, 0.3) is 0 Å². The molecule has 0 saturated heterocycles. The van der Waals surface area contributed by atoms with E-state index in [-0.39, 0.29) is 0 Å². The number of hydrogen-bond donors (Lipinski definition) is 3. The van der Waals surface area contributed by atoms with Crippen LogP contribution in [0.3, 0.4) is 0 Å². The summed E-state index contributed by atoms with van der Waals surface area (Å²) in [7, 11) is 0. The van der Waals surface area contributed by atoms with Gasteiger partial charge in [0, 0.05) is 0 Å². The second kappa shape index (κ2) is 7.98. The molecule has 0 unspecified atom stereocenters. The van der Waals surface area contributed by atoms with Crippen LogP contribution in [-0.2, 0) is 19.1 Å². The van der Waals surface area contributed by atoms with Crippen LogP contribution in [-0.4, -0.2) is 47.4 Å². The molecular formula is C12H22N2O5. The normalized spacial score (nSPS) is 12.9. The Bertz CT molecular complexity index is 329. The van der Waals surface area contributed by atoms with E-state index in [1.165, 1.54) is 0 Å². The molecule has 0 bridgehead atoms. The smallest absolute Gasteiger partial charge is 0.324 e. The molecule has 7 heteroatoms. The quantitative estimate of drug-likeness (QED) is 0.276. The molecule has 5 N–H and O–H groups in total. The number of aliphatic hydroxyl groups excluding tert-OH is 1. The van der Waals surface area contributed by atoms with Gasteiger partial charge in [-0.2, -0.15) is 0 Å². The lowest BCUT2D eigenvalue weighted by Crippen LogP contribution is -2.53. The Kier molecular flexibility index (Phi) is 7.43. The molecule has 7 nitrogen and oxygen atoms in total. The van der Waals surface area contributed by atoms with Gasteiger partial charge < -0.3 is 21.3 Å². The minimum absolute atomic E-state index is 0.341. The second-order valence-corrected chi connectivity index (χ2v) is 4.41. The first kappa shape index (κ1) is 17.7. The zero-order valence-electron chi connectivity index (χ0n) is 11.3. The van der Waals surface area contributed by atoms with Crippen molar-refractivity contribution in [1.29, 1.82) is 0 Å². The summed E-state index contributed by atoms with van der Waals surface area (Å²) in [5.74, 6) is -2.34. The van der Waals surface area contributed by atoms with Crippen molar-refractivity contribution < 1.29 is 24.2 Å². The molecule has 110 valence electrons. The number of ether oxygens (including phenoxy) is 1. The average Bonchev–Trinajstić information content (AvgIpc) is 2.34. The van der Waals surface area contributed by atoms with Crippen LogP contribution in [0.15, 0.2) is 0 Å². The summed E-state index contributed by atoms with van der Waals surface area (Å²) in [6.45, 7) is 1.75. The molecule has 0 fully saturated rings. The first-order valence-electron chi connectivity index (χ1n) is 6.13. The maximum Gasteiger partial charge on any atom is 0.324 e. The summed E-state index contributed by atoms with van der Waals surface area (Å²) < 4.78 is 4.86. The number of aliphatic hydroxyl groups is 1. The highest BCUT2D eigenvalue weighted by atomic mass is 16.6. The fraction of sp³-hybridized carbons (Fsp3) is 0.750. The number of nitrogens with two attached hydrogens (primary N) is 2. The maximum atomic E-state index is 11.7. The third kappa shape index (κ3) is 4.70. The topological polar surface area (TPSA) is 133 Å². The Morgan fingerprint density at radius 3 is 2.11 bits per heavy atom. The molecule has 0 heterocycles. The van der Waals surface area contributed by atoms with Gasteiger partial charge in [0.1, 0.15) is 6.04 Å². The van der Waals surface area contributed by atoms with Crippen LogP contribution >= 0.6 is 0 Å². The van der Waals surface area contributed by atoms with Gasteiger partial charge in [-0.05, 0) is 33.2 Å². The van der Waals surface area contributed by atoms with E-state index in [9.17, 15) is 19.5 Å². The number of esters is 1. The molecule has 0 aromatic rings. The largest absolute Gasteiger partial charge is 0.439 e. The van der Waals surface area contributed by atoms with Crippen molar-refractivity contribution in [3.05, 3.63) is 0 Å². The minimum Gasteiger partial charge on any atom is -0.439 e. The predicted molar refractivity (Wildman–Crippen MR) is 68.2 cm³/mol. The van der Waals surface area contributed by atoms with Gasteiger partial charge in [0.2, 0.25) is 5.60 Å². The first-order chi connectivity index (χ1) is 8.81. The van der Waals surface area contributed by atoms with E-state index in [1.54, 1.807) is 0 Å². The highest BCUT2D eigenvalue weighted by molar-refractivity contribution is 6.10. The van der Waals surface area contributed by atoms with Gasteiger partial charge in [-0.1, -0.05) is 6.42 Å². The van der Waals surface area contributed by atoms with Gasteiger partial charge in [-0.15, -0.1) is 0 Å². The van der Waals surface area contributed by atoms with E-state index in [2.05, 4.69) is 0 Å². The van der Waals surface area contributed by atoms with Crippen LogP contribution < -0.4 is 11.5 Å². The molecule has 0 amide bonds. The van der Waals surface area contributed by atoms with E-state index < -0.39 is 35.8 Å². The number of rotatable bonds is 9. The lowest BCUT2D eigenvalue weighted by molar-refractivity contribution is -0.177. The Morgan fingerprint density at radius 1 is 1.21 bits per heavy atom. The molecule has 0 aliphatic heterocycles. The average molecular weight is 274 g/mol. The number of unbranched alkanes of at least 4 members (excludes halogenated alkanes) is 1. The van der Waals surface area contributed by atoms with Crippen LogP contribution in [0.5, 0.6) is 0 Å². The van der Waals surface area contributed by atoms with E-state index in [4.69, 9.17) is 16.2 Å². The van der Waals surface area contributed by atoms with Crippen molar-refractivity contribution in [2.45, 2.75) is 44.8 Å². The third-order valence-electron chi connectivity index (χ3n) is 2.91. The fourth-order valence-electron chi connectivity index (χ4n) is 1.52. The second-order valence-electron chi connectivity index (χ2n) is 4.41. The van der Waals surface area contributed by atoms with Crippen LogP contribution in [0.1, 0.15) is 33.1 Å². The highest BCUT2D eigenvalue weighted by Gasteiger charge is 2.45. The molecule has 0 aromatic carbocycles. The zero-order chi connectivity index (χ0) is 15.1. The fourth-order valence-corrected chi connectivity index (χ4v) is 1.52. The summed E-state index contributed by atoms with van der Waals surface area (Å²) in [4.78, 5) is 34.6. The Labute approximate surface area is 112 Å². The summed E-state index contributed by atoms with van der Waals surface area (Å²) >= 11 is 0. The van der Waals surface area contributed by atoms with Crippen molar-refractivity contribution >= 4 is 17.5 Å². The van der Waals surface area contributed by atoms with E-state index in [0.29, 0.717) is 25.8 Å². The highest BCUT2D eigenvalue weighted by Crippen LogP contribution is 2.16. The molecule has 0 aliphatic rings. The van der Waals surface area contributed by atoms with Gasteiger partial charge >= 0.3 is 5.97 Å². The number of carbonyl (C=O) groups is 3. The van der Waals surface area contributed by atoms with E-state index in [1.807, 2.05) is 0 Å². The summed E-state index contributed by atoms with van der Waals surface area (Å²) in [6, 6.07) is -0.948. The monoisotopic (exact) mass is 274 g/mol. The molecule has 19 heavy (non-hydrogen) atoms. The number of Topliss-reactive ketones (excluding diaryl/α,β-unsaturated/α-hetero) is 2. The van der Waals surface area contributed by atoms with Crippen LogP contribution in [0.2, 0.25) is 0 Å². The van der Waals surface area contributed by atoms with Gasteiger partial charge in [-0.25, -0.2) is 0 Å². The molecule has 0 aromatic heterocycles. The molecule has 0 spiro atoms. The standard InChI is InChI=1S/C12H22N2O5/c1-8(16)12(7-15,9(2)17)19-11(18)10(14)5-3-4-6-13/h10,15H,3-7,13-14H2,1-2H3/t10-/m0/s1. The Morgan fingerprint density at radius 2 is 1.74 bits per heavy atom. The molecule has 0 aliphatic carbocycles. The third-order valence-corrected chi connectivity index (χ3v) is 2.91. The Balaban J connectivity index is 4.73. The van der Waals surface area contributed by atoms with Crippen LogP contribution in [0.4, 0.5) is 0 Å². The van der Waals surface area contributed by atoms with Crippen molar-refractivity contribution in [2.24, 2.45) is 11.5 Å². The minimum atomic E-state index is -2.14. The van der Waals surface area contributed by atoms with Crippen molar-refractivity contribution in [3.8, 4) is 0 Å². The molecule has 0 radical (unpaired) electrons. The van der Waals surface area contributed by atoms with Gasteiger partial charge in [-0.3, -0.25) is 14.4 Å². The van der Waals surface area contributed by atoms with Gasteiger partial charge in [0.05, 0.1) is 6.61 Å². The summed E-state index contributed by atoms with van der Waals surface area (Å²) in [5.41, 5.74) is 8.78. The molecule has 0 rings (SSSR count). The first-order valence-corrected chi connectivity index (χ1v) is 6.13. The van der Waals surface area contributed by atoms with Crippen molar-refractivity contribution in [1.82, 2.24) is 0 Å². The number of carbonyl (C=O) groups excluding carboxylic acids is 3. The SMILES string of the molecule is CC(=O)C(CO)(OC(=O)[C@@H](N)CCCCN)C(C)=O. The van der Waals surface area contributed by atoms with E-state index in [0.717, 1.165) is 13.8 Å². The van der Waals surface area contributed by atoms with Gasteiger partial charge in [0.25, 0.3) is 0 Å². The maximum absolute atomic E-state index is 11.7. The molecular weight excluding hydrogens is 252 g/mol. The van der Waals surface area contributed by atoms with Crippen LogP contribution in [0, 0.1) is 0 Å². The number of hydrogen-bond acceptors (Lipinski definition) is 7. The van der Waals surface area contributed by atoms with E-state index >= 15 is 0 Å².